The SMILES string of the molecule is CCOc1ccccc1NC(=O)C1CC1C(=O)Nc1ccc(OC)cc1OC. The molecular weight excluding hydrogens is 360 g/mol. The Labute approximate surface area is 164 Å². The van der Waals surface area contributed by atoms with E-state index in [1.807, 2.05) is 19.1 Å². The summed E-state index contributed by atoms with van der Waals surface area (Å²) >= 11 is 0. The summed E-state index contributed by atoms with van der Waals surface area (Å²) in [6, 6.07) is 12.4. The lowest BCUT2D eigenvalue weighted by Crippen LogP contribution is -2.21. The second-order valence-electron chi connectivity index (χ2n) is 6.42. The Balaban J connectivity index is 1.61. The van der Waals surface area contributed by atoms with Crippen molar-refractivity contribution >= 4 is 23.2 Å². The van der Waals surface area contributed by atoms with Crippen LogP contribution in [0.5, 0.6) is 17.2 Å². The van der Waals surface area contributed by atoms with Crippen LogP contribution in [0.3, 0.4) is 0 Å². The monoisotopic (exact) mass is 384 g/mol. The fourth-order valence-corrected chi connectivity index (χ4v) is 2.98. The van der Waals surface area contributed by atoms with Crippen molar-refractivity contribution in [2.45, 2.75) is 13.3 Å². The Kier molecular flexibility index (Phi) is 6.03. The lowest BCUT2D eigenvalue weighted by molar-refractivity contribution is -0.122. The number of hydrogen-bond acceptors (Lipinski definition) is 5. The maximum absolute atomic E-state index is 12.5. The molecule has 1 aliphatic carbocycles. The van der Waals surface area contributed by atoms with E-state index in [0.717, 1.165) is 0 Å². The number of ether oxygens (including phenoxy) is 3. The molecule has 1 fully saturated rings. The second-order valence-corrected chi connectivity index (χ2v) is 6.42. The smallest absolute Gasteiger partial charge is 0.228 e. The molecule has 0 bridgehead atoms. The van der Waals surface area contributed by atoms with Crippen LogP contribution < -0.4 is 24.8 Å². The molecule has 7 heteroatoms. The minimum atomic E-state index is -0.369. The molecular formula is C21H24N2O5. The van der Waals surface area contributed by atoms with E-state index < -0.39 is 0 Å². The maximum atomic E-state index is 12.5. The van der Waals surface area contributed by atoms with Crippen molar-refractivity contribution in [3.05, 3.63) is 42.5 Å². The van der Waals surface area contributed by atoms with E-state index in [-0.39, 0.29) is 23.7 Å². The molecule has 0 heterocycles. The molecule has 0 radical (unpaired) electrons. The highest BCUT2D eigenvalue weighted by atomic mass is 16.5. The second kappa shape index (κ2) is 8.65. The Morgan fingerprint density at radius 1 is 0.929 bits per heavy atom. The van der Waals surface area contributed by atoms with Crippen molar-refractivity contribution in [1.82, 2.24) is 0 Å². The summed E-state index contributed by atoms with van der Waals surface area (Å²) in [5, 5.41) is 5.69. The third kappa shape index (κ3) is 4.36. The van der Waals surface area contributed by atoms with Crippen LogP contribution >= 0.6 is 0 Å². The molecule has 0 saturated heterocycles. The van der Waals surface area contributed by atoms with E-state index in [0.29, 0.717) is 41.7 Å². The van der Waals surface area contributed by atoms with Gasteiger partial charge in [0.1, 0.15) is 17.2 Å². The van der Waals surface area contributed by atoms with Gasteiger partial charge in [-0.15, -0.1) is 0 Å². The van der Waals surface area contributed by atoms with E-state index in [1.54, 1.807) is 37.4 Å². The zero-order valence-electron chi connectivity index (χ0n) is 16.2. The van der Waals surface area contributed by atoms with Crippen LogP contribution in [0.15, 0.2) is 42.5 Å². The quantitative estimate of drug-likeness (QED) is 0.729. The van der Waals surface area contributed by atoms with Crippen molar-refractivity contribution in [3.63, 3.8) is 0 Å². The normalized spacial score (nSPS) is 17.4. The van der Waals surface area contributed by atoms with E-state index in [2.05, 4.69) is 10.6 Å². The Bertz CT molecular complexity index is 868. The predicted molar refractivity (Wildman–Crippen MR) is 106 cm³/mol. The molecule has 0 spiro atoms. The molecule has 2 N–H and O–H groups in total. The van der Waals surface area contributed by atoms with Gasteiger partial charge in [-0.1, -0.05) is 12.1 Å². The molecule has 0 aliphatic heterocycles. The van der Waals surface area contributed by atoms with Crippen LogP contribution in [0.4, 0.5) is 11.4 Å². The number of anilines is 2. The van der Waals surface area contributed by atoms with Crippen LogP contribution in [0.1, 0.15) is 13.3 Å². The summed E-state index contributed by atoms with van der Waals surface area (Å²) in [7, 11) is 3.08. The first kappa shape index (κ1) is 19.5. The van der Waals surface area contributed by atoms with Gasteiger partial charge in [0, 0.05) is 6.07 Å². The van der Waals surface area contributed by atoms with Crippen molar-refractivity contribution in [3.8, 4) is 17.2 Å². The van der Waals surface area contributed by atoms with Crippen LogP contribution in [0, 0.1) is 11.8 Å². The third-order valence-electron chi connectivity index (χ3n) is 4.58. The summed E-state index contributed by atoms with van der Waals surface area (Å²) in [6.45, 7) is 2.39. The summed E-state index contributed by atoms with van der Waals surface area (Å²) in [5.74, 6) is 0.621. The van der Waals surface area contributed by atoms with Crippen LogP contribution in [-0.2, 0) is 9.59 Å². The minimum absolute atomic E-state index is 0.186. The maximum Gasteiger partial charge on any atom is 0.228 e. The number of methoxy groups -OCH3 is 2. The van der Waals surface area contributed by atoms with Gasteiger partial charge >= 0.3 is 0 Å². The van der Waals surface area contributed by atoms with Crippen LogP contribution in [0.2, 0.25) is 0 Å². The fraction of sp³-hybridized carbons (Fsp3) is 0.333. The first-order valence-electron chi connectivity index (χ1n) is 9.13. The lowest BCUT2D eigenvalue weighted by Gasteiger charge is -2.12. The van der Waals surface area contributed by atoms with Gasteiger partial charge in [-0.05, 0) is 37.6 Å². The Morgan fingerprint density at radius 3 is 2.18 bits per heavy atom. The van der Waals surface area contributed by atoms with E-state index in [4.69, 9.17) is 14.2 Å². The van der Waals surface area contributed by atoms with Gasteiger partial charge in [-0.2, -0.15) is 0 Å². The lowest BCUT2D eigenvalue weighted by atomic mass is 10.2. The number of amides is 2. The minimum Gasteiger partial charge on any atom is -0.497 e. The Hall–Kier alpha value is -3.22. The zero-order chi connectivity index (χ0) is 20.1. The molecule has 1 saturated carbocycles. The molecule has 148 valence electrons. The molecule has 0 aromatic heterocycles. The number of rotatable bonds is 8. The van der Waals surface area contributed by atoms with Crippen molar-refractivity contribution < 1.29 is 23.8 Å². The van der Waals surface area contributed by atoms with Gasteiger partial charge in [0.05, 0.1) is 44.0 Å². The highest BCUT2D eigenvalue weighted by molar-refractivity contribution is 6.04. The molecule has 28 heavy (non-hydrogen) atoms. The van der Waals surface area contributed by atoms with Gasteiger partial charge in [-0.25, -0.2) is 0 Å². The molecule has 1 aliphatic rings. The molecule has 2 aromatic carbocycles. The van der Waals surface area contributed by atoms with Crippen LogP contribution in [0.25, 0.3) is 0 Å². The topological polar surface area (TPSA) is 85.9 Å². The number of carbonyl (C=O) groups is 2. The summed E-state index contributed by atoms with van der Waals surface area (Å²) < 4.78 is 16.0. The largest absolute Gasteiger partial charge is 0.497 e. The number of hydrogen-bond donors (Lipinski definition) is 2. The van der Waals surface area contributed by atoms with Crippen LogP contribution in [-0.4, -0.2) is 32.6 Å². The van der Waals surface area contributed by atoms with E-state index >= 15 is 0 Å². The molecule has 2 amide bonds. The fourth-order valence-electron chi connectivity index (χ4n) is 2.98. The average Bonchev–Trinajstić information content (AvgIpc) is 3.51. The summed E-state index contributed by atoms with van der Waals surface area (Å²) in [5.41, 5.74) is 1.15. The number of benzene rings is 2. The standard InChI is InChI=1S/C21H24N2O5/c1-4-28-18-8-6-5-7-16(18)22-20(24)14-12-15(14)21(25)23-17-10-9-13(26-2)11-19(17)27-3/h5-11,14-15H,4,12H2,1-3H3,(H,22,24)(H,23,25). The first-order chi connectivity index (χ1) is 13.6. The zero-order valence-corrected chi connectivity index (χ0v) is 16.2. The van der Waals surface area contributed by atoms with Gasteiger partial charge in [0.2, 0.25) is 11.8 Å². The van der Waals surface area contributed by atoms with Crippen molar-refractivity contribution in [2.75, 3.05) is 31.5 Å². The molecule has 3 rings (SSSR count). The Morgan fingerprint density at radius 2 is 1.57 bits per heavy atom. The summed E-state index contributed by atoms with van der Waals surface area (Å²) in [4.78, 5) is 25.0. The van der Waals surface area contributed by atoms with Gasteiger partial charge < -0.3 is 24.8 Å². The van der Waals surface area contributed by atoms with Crippen molar-refractivity contribution in [1.29, 1.82) is 0 Å². The van der Waals surface area contributed by atoms with Gasteiger partial charge in [-0.3, -0.25) is 9.59 Å². The van der Waals surface area contributed by atoms with Gasteiger partial charge in [0.25, 0.3) is 0 Å². The number of nitrogens with one attached hydrogen (secondary N) is 2. The highest BCUT2D eigenvalue weighted by Crippen LogP contribution is 2.41. The molecule has 2 aromatic rings. The number of carbonyl (C=O) groups excluding carboxylic acids is 2. The predicted octanol–water partition coefficient (Wildman–Crippen LogP) is 3.32. The third-order valence-corrected chi connectivity index (χ3v) is 4.58. The first-order valence-corrected chi connectivity index (χ1v) is 9.13. The summed E-state index contributed by atoms with van der Waals surface area (Å²) in [6.07, 6.45) is 0.507. The van der Waals surface area contributed by atoms with E-state index in [1.165, 1.54) is 7.11 Å². The molecule has 2 unspecified atom stereocenters. The molecule has 7 nitrogen and oxygen atoms in total. The van der Waals surface area contributed by atoms with Gasteiger partial charge in [0.15, 0.2) is 0 Å². The number of para-hydroxylation sites is 2. The highest BCUT2D eigenvalue weighted by Gasteiger charge is 2.48. The molecule has 2 atom stereocenters. The van der Waals surface area contributed by atoms with Crippen molar-refractivity contribution in [2.24, 2.45) is 11.8 Å². The average molecular weight is 384 g/mol. The van der Waals surface area contributed by atoms with E-state index in [9.17, 15) is 9.59 Å².